The highest BCUT2D eigenvalue weighted by Gasteiger charge is 2.53. The molecule has 0 aromatic heterocycles. The van der Waals surface area contributed by atoms with Crippen LogP contribution in [0.3, 0.4) is 0 Å². The van der Waals surface area contributed by atoms with Crippen LogP contribution < -0.4 is 0 Å². The molecule has 5 heteroatoms. The monoisotopic (exact) mass is 308 g/mol. The van der Waals surface area contributed by atoms with Gasteiger partial charge in [0, 0.05) is 25.2 Å². The van der Waals surface area contributed by atoms with E-state index < -0.39 is 6.10 Å². The summed E-state index contributed by atoms with van der Waals surface area (Å²) in [4.78, 5) is 34.7. The summed E-state index contributed by atoms with van der Waals surface area (Å²) in [6, 6.07) is 0. The van der Waals surface area contributed by atoms with E-state index in [-0.39, 0.29) is 47.8 Å². The number of carbonyl (C=O) groups is 3. The lowest BCUT2D eigenvalue weighted by Gasteiger charge is -2.20. The highest BCUT2D eigenvalue weighted by atomic mass is 16.5. The molecule has 0 radical (unpaired) electrons. The van der Waals surface area contributed by atoms with Crippen molar-refractivity contribution in [1.29, 1.82) is 0 Å². The van der Waals surface area contributed by atoms with Gasteiger partial charge in [0.15, 0.2) is 5.78 Å². The molecule has 0 bridgehead atoms. The van der Waals surface area contributed by atoms with Crippen LogP contribution in [0.2, 0.25) is 0 Å². The van der Waals surface area contributed by atoms with E-state index in [0.29, 0.717) is 12.8 Å². The fourth-order valence-corrected chi connectivity index (χ4v) is 3.60. The van der Waals surface area contributed by atoms with Gasteiger partial charge in [-0.2, -0.15) is 0 Å². The number of carbonyl (C=O) groups excluding carboxylic acids is 3. The first-order chi connectivity index (χ1) is 10.4. The number of Topliss-reactive ketones (excluding diaryl/α,β-unsaturated/α-hetero) is 2. The van der Waals surface area contributed by atoms with Gasteiger partial charge in [0.1, 0.15) is 6.10 Å². The Hall–Kier alpha value is -1.49. The van der Waals surface area contributed by atoms with E-state index in [9.17, 15) is 19.5 Å². The van der Waals surface area contributed by atoms with Crippen LogP contribution in [0.5, 0.6) is 0 Å². The Morgan fingerprint density at radius 1 is 1.45 bits per heavy atom. The molecule has 0 spiro atoms. The molecular formula is C17H24O5. The molecule has 122 valence electrons. The van der Waals surface area contributed by atoms with Crippen molar-refractivity contribution >= 4 is 17.5 Å². The minimum absolute atomic E-state index is 0.0982. The maximum atomic E-state index is 11.9. The summed E-state index contributed by atoms with van der Waals surface area (Å²) < 4.78 is 5.32. The Labute approximate surface area is 130 Å². The second-order valence-electron chi connectivity index (χ2n) is 6.32. The molecule has 0 amide bonds. The summed E-state index contributed by atoms with van der Waals surface area (Å²) in [5.74, 6) is -1.63. The average Bonchev–Trinajstić information content (AvgIpc) is 2.91. The summed E-state index contributed by atoms with van der Waals surface area (Å²) in [7, 11) is 0. The summed E-state index contributed by atoms with van der Waals surface area (Å²) in [5, 5.41) is 9.92. The lowest BCUT2D eigenvalue weighted by molar-refractivity contribution is -0.148. The van der Waals surface area contributed by atoms with Crippen molar-refractivity contribution < 1.29 is 24.2 Å². The van der Waals surface area contributed by atoms with Crippen LogP contribution in [0.4, 0.5) is 0 Å². The second kappa shape index (κ2) is 7.18. The first-order valence-corrected chi connectivity index (χ1v) is 8.04. The van der Waals surface area contributed by atoms with Crippen LogP contribution in [-0.4, -0.2) is 34.9 Å². The standard InChI is InChI=1S/C17H24O5/c1-3-4-5-11(19)6-7-12-13-8-15(20)17(21)14(13)9-16(12)22-10(2)18/h6-7,11-14,16,19H,3-5,8-9H2,1-2H3/t11-,12-,13+,14+,16+/m0/s1. The van der Waals surface area contributed by atoms with Gasteiger partial charge >= 0.3 is 5.97 Å². The van der Waals surface area contributed by atoms with Crippen LogP contribution in [0.1, 0.15) is 46.0 Å². The zero-order valence-electron chi connectivity index (χ0n) is 13.2. The van der Waals surface area contributed by atoms with Crippen molar-refractivity contribution in [2.24, 2.45) is 17.8 Å². The number of aliphatic hydroxyl groups is 1. The molecule has 0 aliphatic heterocycles. The number of fused-ring (bicyclic) bond motifs is 1. The smallest absolute Gasteiger partial charge is 0.302 e. The molecule has 2 rings (SSSR count). The third kappa shape index (κ3) is 3.64. The van der Waals surface area contributed by atoms with E-state index in [1.165, 1.54) is 6.92 Å². The van der Waals surface area contributed by atoms with E-state index in [2.05, 4.69) is 6.92 Å². The van der Waals surface area contributed by atoms with E-state index in [4.69, 9.17) is 4.74 Å². The van der Waals surface area contributed by atoms with Crippen molar-refractivity contribution in [3.8, 4) is 0 Å². The zero-order valence-corrected chi connectivity index (χ0v) is 13.2. The molecule has 1 N–H and O–H groups in total. The number of ketones is 2. The molecule has 2 saturated carbocycles. The van der Waals surface area contributed by atoms with Gasteiger partial charge in [0.2, 0.25) is 5.78 Å². The predicted molar refractivity (Wildman–Crippen MR) is 79.9 cm³/mol. The van der Waals surface area contributed by atoms with Crippen molar-refractivity contribution in [2.75, 3.05) is 0 Å². The molecule has 2 fully saturated rings. The van der Waals surface area contributed by atoms with Crippen LogP contribution in [0, 0.1) is 17.8 Å². The number of ether oxygens (including phenoxy) is 1. The first kappa shape index (κ1) is 16.9. The Morgan fingerprint density at radius 3 is 2.82 bits per heavy atom. The molecule has 0 aromatic rings. The molecule has 0 saturated heterocycles. The number of unbranched alkanes of at least 4 members (excludes halogenated alkanes) is 1. The minimum Gasteiger partial charge on any atom is -0.462 e. The normalized spacial score (nSPS) is 32.5. The summed E-state index contributed by atoms with van der Waals surface area (Å²) in [5.41, 5.74) is 0. The van der Waals surface area contributed by atoms with Crippen molar-refractivity contribution in [1.82, 2.24) is 0 Å². The molecular weight excluding hydrogens is 284 g/mol. The van der Waals surface area contributed by atoms with E-state index in [1.807, 2.05) is 6.08 Å². The van der Waals surface area contributed by atoms with Gasteiger partial charge in [-0.15, -0.1) is 0 Å². The first-order valence-electron chi connectivity index (χ1n) is 8.04. The quantitative estimate of drug-likeness (QED) is 0.460. The van der Waals surface area contributed by atoms with Gasteiger partial charge in [-0.25, -0.2) is 0 Å². The third-order valence-corrected chi connectivity index (χ3v) is 4.69. The zero-order chi connectivity index (χ0) is 16.3. The van der Waals surface area contributed by atoms with Gasteiger partial charge in [-0.1, -0.05) is 31.9 Å². The molecule has 5 atom stereocenters. The minimum atomic E-state index is -0.537. The lowest BCUT2D eigenvalue weighted by atomic mass is 9.90. The van der Waals surface area contributed by atoms with Crippen LogP contribution in [0.15, 0.2) is 12.2 Å². The Balaban J connectivity index is 2.09. The second-order valence-corrected chi connectivity index (χ2v) is 6.32. The Bertz CT molecular complexity index is 481. The van der Waals surface area contributed by atoms with Gasteiger partial charge < -0.3 is 9.84 Å². The topological polar surface area (TPSA) is 80.7 Å². The van der Waals surface area contributed by atoms with E-state index >= 15 is 0 Å². The summed E-state index contributed by atoms with van der Waals surface area (Å²) in [6.07, 6.45) is 5.91. The number of rotatable bonds is 6. The van der Waals surface area contributed by atoms with E-state index in [0.717, 1.165) is 12.8 Å². The SMILES string of the molecule is CCCC[C@H](O)C=C[C@H]1[C@H]2CC(=O)C(=O)[C@@H]2C[C@H]1OC(C)=O. The molecule has 22 heavy (non-hydrogen) atoms. The third-order valence-electron chi connectivity index (χ3n) is 4.69. The van der Waals surface area contributed by atoms with Crippen LogP contribution in [-0.2, 0) is 19.1 Å². The van der Waals surface area contributed by atoms with E-state index in [1.54, 1.807) is 6.08 Å². The fraction of sp³-hybridized carbons (Fsp3) is 0.706. The van der Waals surface area contributed by atoms with Crippen LogP contribution >= 0.6 is 0 Å². The maximum Gasteiger partial charge on any atom is 0.302 e. The molecule has 0 aromatic carbocycles. The molecule has 2 aliphatic carbocycles. The van der Waals surface area contributed by atoms with Gasteiger partial charge in [0.25, 0.3) is 0 Å². The number of hydrogen-bond acceptors (Lipinski definition) is 5. The number of aliphatic hydroxyl groups excluding tert-OH is 1. The van der Waals surface area contributed by atoms with Crippen molar-refractivity contribution in [3.05, 3.63) is 12.2 Å². The molecule has 5 nitrogen and oxygen atoms in total. The van der Waals surface area contributed by atoms with Crippen molar-refractivity contribution in [2.45, 2.75) is 58.2 Å². The highest BCUT2D eigenvalue weighted by molar-refractivity contribution is 6.40. The van der Waals surface area contributed by atoms with Crippen molar-refractivity contribution in [3.63, 3.8) is 0 Å². The molecule has 2 aliphatic rings. The predicted octanol–water partition coefficient (Wildman–Crippen LogP) is 1.82. The summed E-state index contributed by atoms with van der Waals surface area (Å²) in [6.45, 7) is 3.41. The Morgan fingerprint density at radius 2 is 2.18 bits per heavy atom. The van der Waals surface area contributed by atoms with Gasteiger partial charge in [0.05, 0.1) is 6.10 Å². The fourth-order valence-electron chi connectivity index (χ4n) is 3.60. The highest BCUT2D eigenvalue weighted by Crippen LogP contribution is 2.46. The lowest BCUT2D eigenvalue weighted by Crippen LogP contribution is -2.24. The Kier molecular flexibility index (Phi) is 5.51. The van der Waals surface area contributed by atoms with Crippen LogP contribution in [0.25, 0.3) is 0 Å². The molecule has 0 heterocycles. The summed E-state index contributed by atoms with van der Waals surface area (Å²) >= 11 is 0. The van der Waals surface area contributed by atoms with Gasteiger partial charge in [-0.05, 0) is 18.8 Å². The molecule has 0 unspecified atom stereocenters. The average molecular weight is 308 g/mol. The largest absolute Gasteiger partial charge is 0.462 e. The number of hydrogen-bond donors (Lipinski definition) is 1. The maximum absolute atomic E-state index is 11.9. The number of esters is 1. The van der Waals surface area contributed by atoms with Gasteiger partial charge in [-0.3, -0.25) is 14.4 Å².